The highest BCUT2D eigenvalue weighted by Gasteiger charge is 2.36. The lowest BCUT2D eigenvalue weighted by Crippen LogP contribution is -2.38. The van der Waals surface area contributed by atoms with Gasteiger partial charge in [0.05, 0.1) is 25.3 Å². The molecule has 6 nitrogen and oxygen atoms in total. The molecule has 0 bridgehead atoms. The second-order valence-electron chi connectivity index (χ2n) is 6.99. The van der Waals surface area contributed by atoms with Gasteiger partial charge in [-0.25, -0.2) is 0 Å². The van der Waals surface area contributed by atoms with E-state index in [-0.39, 0.29) is 24.2 Å². The number of hydrogen-bond acceptors (Lipinski definition) is 4. The molecule has 27 heavy (non-hydrogen) atoms. The van der Waals surface area contributed by atoms with Crippen LogP contribution in [-0.2, 0) is 27.4 Å². The zero-order chi connectivity index (χ0) is 19.2. The summed E-state index contributed by atoms with van der Waals surface area (Å²) in [6, 6.07) is 11.8. The molecule has 0 radical (unpaired) electrons. The highest BCUT2D eigenvalue weighted by molar-refractivity contribution is 5.89. The molecule has 0 aliphatic carbocycles. The zero-order valence-electron chi connectivity index (χ0n) is 15.9. The Morgan fingerprint density at radius 3 is 2.74 bits per heavy atom. The molecule has 6 heteroatoms. The molecule has 1 aromatic carbocycles. The van der Waals surface area contributed by atoms with Crippen LogP contribution in [-0.4, -0.2) is 48.4 Å². The summed E-state index contributed by atoms with van der Waals surface area (Å²) in [6.45, 7) is 4.33. The number of methoxy groups -OCH3 is 1. The number of carbonyl (C=O) groups is 2. The maximum Gasteiger partial charge on any atom is 0.228 e. The molecule has 1 unspecified atom stereocenters. The minimum Gasteiger partial charge on any atom is -0.467 e. The van der Waals surface area contributed by atoms with E-state index in [1.165, 1.54) is 5.56 Å². The van der Waals surface area contributed by atoms with Crippen molar-refractivity contribution in [3.8, 4) is 0 Å². The van der Waals surface area contributed by atoms with E-state index in [1.54, 1.807) is 29.2 Å². The van der Waals surface area contributed by atoms with E-state index in [4.69, 9.17) is 9.15 Å². The van der Waals surface area contributed by atoms with Gasteiger partial charge >= 0.3 is 0 Å². The molecule has 3 rings (SSSR count). The Morgan fingerprint density at radius 1 is 1.30 bits per heavy atom. The second-order valence-corrected chi connectivity index (χ2v) is 6.99. The zero-order valence-corrected chi connectivity index (χ0v) is 15.9. The molecule has 1 fully saturated rings. The van der Waals surface area contributed by atoms with Gasteiger partial charge in [-0.3, -0.25) is 9.59 Å². The molecule has 1 aliphatic heterocycles. The van der Waals surface area contributed by atoms with Crippen molar-refractivity contribution in [2.24, 2.45) is 5.92 Å². The highest BCUT2D eigenvalue weighted by atomic mass is 16.5. The van der Waals surface area contributed by atoms with Crippen molar-refractivity contribution >= 4 is 11.8 Å². The van der Waals surface area contributed by atoms with Crippen LogP contribution in [0.25, 0.3) is 0 Å². The first-order chi connectivity index (χ1) is 13.1. The Balaban J connectivity index is 1.64. The average Bonchev–Trinajstić information content (AvgIpc) is 3.30. The Labute approximate surface area is 159 Å². The molecule has 0 saturated carbocycles. The van der Waals surface area contributed by atoms with Crippen LogP contribution in [0.5, 0.6) is 0 Å². The first kappa shape index (κ1) is 19.2. The van der Waals surface area contributed by atoms with Crippen molar-refractivity contribution < 1.29 is 18.7 Å². The lowest BCUT2D eigenvalue weighted by Gasteiger charge is -2.24. The number of ether oxygens (including phenoxy) is 1. The number of furan rings is 1. The van der Waals surface area contributed by atoms with Gasteiger partial charge in [-0.2, -0.15) is 0 Å². The van der Waals surface area contributed by atoms with Gasteiger partial charge < -0.3 is 19.0 Å². The molecule has 1 aliphatic rings. The van der Waals surface area contributed by atoms with Crippen molar-refractivity contribution in [1.29, 1.82) is 0 Å². The van der Waals surface area contributed by atoms with Crippen LogP contribution in [0.3, 0.4) is 0 Å². The Bertz CT molecular complexity index is 755. The van der Waals surface area contributed by atoms with Gasteiger partial charge in [-0.1, -0.05) is 29.8 Å². The van der Waals surface area contributed by atoms with Crippen molar-refractivity contribution in [2.75, 3.05) is 26.8 Å². The summed E-state index contributed by atoms with van der Waals surface area (Å²) in [5, 5.41) is 0. The molecular formula is C21H26N2O4. The van der Waals surface area contributed by atoms with Gasteiger partial charge in [0.15, 0.2) is 0 Å². The summed E-state index contributed by atoms with van der Waals surface area (Å²) in [4.78, 5) is 28.9. The number of hydrogen-bond donors (Lipinski definition) is 0. The number of nitrogens with zero attached hydrogens (tertiary/aromatic N) is 2. The van der Waals surface area contributed by atoms with E-state index in [0.717, 1.165) is 11.3 Å². The Kier molecular flexibility index (Phi) is 6.29. The topological polar surface area (TPSA) is 63.0 Å². The van der Waals surface area contributed by atoms with Gasteiger partial charge in [0.1, 0.15) is 5.76 Å². The SMILES string of the molecule is COCCN(Cc1ccco1)C(=O)C1CC(=O)N(Cc2ccc(C)cc2)C1. The van der Waals surface area contributed by atoms with Crippen LogP contribution >= 0.6 is 0 Å². The summed E-state index contributed by atoms with van der Waals surface area (Å²) >= 11 is 0. The van der Waals surface area contributed by atoms with Gasteiger partial charge in [0.2, 0.25) is 11.8 Å². The van der Waals surface area contributed by atoms with Gasteiger partial charge in [0.25, 0.3) is 0 Å². The monoisotopic (exact) mass is 370 g/mol. The summed E-state index contributed by atoms with van der Waals surface area (Å²) in [6.07, 6.45) is 1.85. The van der Waals surface area contributed by atoms with Crippen LogP contribution in [0.4, 0.5) is 0 Å². The fraction of sp³-hybridized carbons (Fsp3) is 0.429. The second kappa shape index (κ2) is 8.86. The number of rotatable bonds is 8. The molecule has 2 aromatic rings. The van der Waals surface area contributed by atoms with E-state index in [9.17, 15) is 9.59 Å². The predicted molar refractivity (Wildman–Crippen MR) is 101 cm³/mol. The van der Waals surface area contributed by atoms with E-state index in [0.29, 0.717) is 32.8 Å². The standard InChI is InChI=1S/C21H26N2O4/c1-16-5-7-17(8-6-16)13-23-14-18(12-20(23)24)21(25)22(9-11-26-2)15-19-4-3-10-27-19/h3-8,10,18H,9,11-15H2,1-2H3. The van der Waals surface area contributed by atoms with Crippen LogP contribution in [0.15, 0.2) is 47.1 Å². The number of carbonyl (C=O) groups excluding carboxylic acids is 2. The molecule has 2 amide bonds. The van der Waals surface area contributed by atoms with Crippen molar-refractivity contribution in [3.05, 3.63) is 59.5 Å². The van der Waals surface area contributed by atoms with E-state index < -0.39 is 0 Å². The van der Waals surface area contributed by atoms with Gasteiger partial charge in [-0.15, -0.1) is 0 Å². The quantitative estimate of drug-likeness (QED) is 0.717. The molecule has 2 heterocycles. The normalized spacial score (nSPS) is 16.7. The number of likely N-dealkylation sites (tertiary alicyclic amines) is 1. The Morgan fingerprint density at radius 2 is 2.07 bits per heavy atom. The van der Waals surface area contributed by atoms with Crippen LogP contribution in [0.2, 0.25) is 0 Å². The van der Waals surface area contributed by atoms with Gasteiger partial charge in [0, 0.05) is 33.2 Å². The number of benzene rings is 1. The van der Waals surface area contributed by atoms with E-state index in [2.05, 4.69) is 0 Å². The lowest BCUT2D eigenvalue weighted by molar-refractivity contribution is -0.137. The van der Waals surface area contributed by atoms with Crippen molar-refractivity contribution in [2.45, 2.75) is 26.4 Å². The van der Waals surface area contributed by atoms with Crippen LogP contribution in [0.1, 0.15) is 23.3 Å². The molecule has 144 valence electrons. The highest BCUT2D eigenvalue weighted by Crippen LogP contribution is 2.23. The summed E-state index contributed by atoms with van der Waals surface area (Å²) in [5.74, 6) is 0.400. The number of aryl methyl sites for hydroxylation is 1. The predicted octanol–water partition coefficient (Wildman–Crippen LogP) is 2.61. The maximum atomic E-state index is 13.0. The summed E-state index contributed by atoms with van der Waals surface area (Å²) in [7, 11) is 1.61. The molecule has 1 saturated heterocycles. The molecule has 1 aromatic heterocycles. The minimum atomic E-state index is -0.324. The Hall–Kier alpha value is -2.60. The third-order valence-corrected chi connectivity index (χ3v) is 4.86. The molecule has 1 atom stereocenters. The molecular weight excluding hydrogens is 344 g/mol. The fourth-order valence-electron chi connectivity index (χ4n) is 3.32. The third-order valence-electron chi connectivity index (χ3n) is 4.86. The minimum absolute atomic E-state index is 0.0248. The van der Waals surface area contributed by atoms with E-state index in [1.807, 2.05) is 37.3 Å². The van der Waals surface area contributed by atoms with Crippen molar-refractivity contribution in [1.82, 2.24) is 9.80 Å². The maximum absolute atomic E-state index is 13.0. The van der Waals surface area contributed by atoms with E-state index >= 15 is 0 Å². The first-order valence-electron chi connectivity index (χ1n) is 9.20. The smallest absolute Gasteiger partial charge is 0.228 e. The van der Waals surface area contributed by atoms with Crippen LogP contribution < -0.4 is 0 Å². The summed E-state index contributed by atoms with van der Waals surface area (Å²) in [5.41, 5.74) is 2.26. The first-order valence-corrected chi connectivity index (χ1v) is 9.20. The van der Waals surface area contributed by atoms with Gasteiger partial charge in [-0.05, 0) is 24.6 Å². The number of amides is 2. The molecule has 0 N–H and O–H groups in total. The lowest BCUT2D eigenvalue weighted by atomic mass is 10.1. The molecule has 0 spiro atoms. The largest absolute Gasteiger partial charge is 0.467 e. The van der Waals surface area contributed by atoms with Crippen molar-refractivity contribution in [3.63, 3.8) is 0 Å². The summed E-state index contributed by atoms with van der Waals surface area (Å²) < 4.78 is 10.5. The average molecular weight is 370 g/mol. The van der Waals surface area contributed by atoms with Crippen LogP contribution in [0, 0.1) is 12.8 Å². The fourth-order valence-corrected chi connectivity index (χ4v) is 3.32. The third kappa shape index (κ3) is 4.98.